The number of esters is 1. The van der Waals surface area contributed by atoms with Crippen molar-refractivity contribution in [2.75, 3.05) is 37.9 Å². The lowest BCUT2D eigenvalue weighted by Crippen LogP contribution is -2.36. The number of carbonyl (C=O) groups is 2. The van der Waals surface area contributed by atoms with Gasteiger partial charge in [0.2, 0.25) is 6.79 Å². The van der Waals surface area contributed by atoms with Gasteiger partial charge in [0.05, 0.1) is 5.56 Å². The second kappa shape index (κ2) is 9.12. The normalized spacial score (nSPS) is 11.8. The van der Waals surface area contributed by atoms with Gasteiger partial charge in [0.1, 0.15) is 0 Å². The molecular formula is C21H24N2O5. The monoisotopic (exact) mass is 384 g/mol. The van der Waals surface area contributed by atoms with E-state index in [1.54, 1.807) is 18.2 Å². The van der Waals surface area contributed by atoms with E-state index in [2.05, 4.69) is 23.2 Å². The maximum Gasteiger partial charge on any atom is 0.338 e. The Morgan fingerprint density at radius 1 is 1.14 bits per heavy atom. The molecule has 7 heteroatoms. The molecule has 1 amide bonds. The van der Waals surface area contributed by atoms with Crippen molar-refractivity contribution in [1.82, 2.24) is 5.32 Å². The number of carbonyl (C=O) groups excluding carboxylic acids is 2. The average molecular weight is 384 g/mol. The number of ether oxygens (including phenoxy) is 3. The molecule has 0 bridgehead atoms. The van der Waals surface area contributed by atoms with Gasteiger partial charge in [0, 0.05) is 25.3 Å². The fourth-order valence-electron chi connectivity index (χ4n) is 2.91. The molecule has 0 aliphatic carbocycles. The van der Waals surface area contributed by atoms with Gasteiger partial charge >= 0.3 is 5.97 Å². The van der Waals surface area contributed by atoms with Crippen LogP contribution in [-0.4, -0.2) is 44.9 Å². The summed E-state index contributed by atoms with van der Waals surface area (Å²) in [5.74, 6) is 0.163. The van der Waals surface area contributed by atoms with Gasteiger partial charge in [-0.3, -0.25) is 4.79 Å². The average Bonchev–Trinajstić information content (AvgIpc) is 3.17. The highest BCUT2D eigenvalue weighted by Crippen LogP contribution is 2.32. The van der Waals surface area contributed by atoms with Gasteiger partial charge in [-0.15, -0.1) is 0 Å². The van der Waals surface area contributed by atoms with Gasteiger partial charge in [0.15, 0.2) is 18.1 Å². The Balaban J connectivity index is 1.42. The lowest BCUT2D eigenvalue weighted by molar-refractivity contribution is -0.124. The minimum Gasteiger partial charge on any atom is -0.454 e. The topological polar surface area (TPSA) is 77.1 Å². The molecular weight excluding hydrogens is 360 g/mol. The number of rotatable bonds is 8. The number of nitrogens with zero attached hydrogens (tertiary/aromatic N) is 1. The van der Waals surface area contributed by atoms with Gasteiger partial charge < -0.3 is 24.4 Å². The molecule has 0 fully saturated rings. The maximum absolute atomic E-state index is 12.1. The molecule has 1 aliphatic rings. The van der Waals surface area contributed by atoms with Crippen LogP contribution in [0.25, 0.3) is 0 Å². The molecule has 0 spiro atoms. The summed E-state index contributed by atoms with van der Waals surface area (Å²) in [5, 5.41) is 2.78. The van der Waals surface area contributed by atoms with Crippen molar-refractivity contribution >= 4 is 17.6 Å². The molecule has 2 aromatic carbocycles. The molecule has 2 aromatic rings. The predicted molar refractivity (Wildman–Crippen MR) is 105 cm³/mol. The number of anilines is 1. The first-order valence-electron chi connectivity index (χ1n) is 9.22. The fourth-order valence-corrected chi connectivity index (χ4v) is 2.91. The van der Waals surface area contributed by atoms with E-state index >= 15 is 0 Å². The molecule has 1 heterocycles. The van der Waals surface area contributed by atoms with Crippen molar-refractivity contribution in [3.05, 3.63) is 53.6 Å². The highest BCUT2D eigenvalue weighted by atomic mass is 16.7. The van der Waals surface area contributed by atoms with Crippen LogP contribution < -0.4 is 19.7 Å². The molecule has 148 valence electrons. The zero-order valence-corrected chi connectivity index (χ0v) is 16.1. The van der Waals surface area contributed by atoms with Crippen LogP contribution in [0.15, 0.2) is 42.5 Å². The Kier molecular flexibility index (Phi) is 6.37. The molecule has 0 radical (unpaired) electrons. The largest absolute Gasteiger partial charge is 0.454 e. The number of aryl methyl sites for hydroxylation is 1. The van der Waals surface area contributed by atoms with Crippen LogP contribution in [0, 0.1) is 6.92 Å². The summed E-state index contributed by atoms with van der Waals surface area (Å²) in [7, 11) is 0. The molecule has 0 atom stereocenters. The highest BCUT2D eigenvalue weighted by Gasteiger charge is 2.17. The Hall–Kier alpha value is -3.22. The van der Waals surface area contributed by atoms with Crippen LogP contribution in [-0.2, 0) is 9.53 Å². The predicted octanol–water partition coefficient (Wildman–Crippen LogP) is 2.52. The van der Waals surface area contributed by atoms with Crippen LogP contribution in [0.3, 0.4) is 0 Å². The Morgan fingerprint density at radius 2 is 1.96 bits per heavy atom. The number of hydrogen-bond donors (Lipinski definition) is 1. The summed E-state index contributed by atoms with van der Waals surface area (Å²) in [6.07, 6.45) is 0. The molecule has 1 aliphatic heterocycles. The third-order valence-electron chi connectivity index (χ3n) is 4.40. The molecule has 0 unspecified atom stereocenters. The van der Waals surface area contributed by atoms with E-state index in [-0.39, 0.29) is 19.3 Å². The number of likely N-dealkylation sites (N-methyl/N-ethyl adjacent to an activating group) is 1. The molecule has 0 saturated carbocycles. The van der Waals surface area contributed by atoms with E-state index in [1.165, 1.54) is 5.56 Å². The van der Waals surface area contributed by atoms with E-state index < -0.39 is 5.97 Å². The zero-order valence-electron chi connectivity index (χ0n) is 16.1. The SMILES string of the molecule is CCN(CCNC(=O)COC(=O)c1ccc2c(c1)OCO2)c1cccc(C)c1. The molecule has 0 aromatic heterocycles. The number of nitrogens with one attached hydrogen (secondary N) is 1. The molecule has 3 rings (SSSR count). The van der Waals surface area contributed by atoms with Crippen molar-refractivity contribution in [3.63, 3.8) is 0 Å². The Morgan fingerprint density at radius 3 is 2.75 bits per heavy atom. The van der Waals surface area contributed by atoms with Crippen LogP contribution >= 0.6 is 0 Å². The third kappa shape index (κ3) is 4.94. The van der Waals surface area contributed by atoms with E-state index in [0.29, 0.717) is 30.2 Å². The van der Waals surface area contributed by atoms with Crippen LogP contribution in [0.5, 0.6) is 11.5 Å². The van der Waals surface area contributed by atoms with Gasteiger partial charge in [-0.25, -0.2) is 4.79 Å². The lowest BCUT2D eigenvalue weighted by atomic mass is 10.2. The second-order valence-corrected chi connectivity index (χ2v) is 6.41. The number of fused-ring (bicyclic) bond motifs is 1. The van der Waals surface area contributed by atoms with E-state index in [1.807, 2.05) is 25.1 Å². The minimum atomic E-state index is -0.580. The molecule has 0 saturated heterocycles. The summed E-state index contributed by atoms with van der Waals surface area (Å²) >= 11 is 0. The summed E-state index contributed by atoms with van der Waals surface area (Å²) < 4.78 is 15.5. The van der Waals surface area contributed by atoms with Gasteiger partial charge in [0.25, 0.3) is 5.91 Å². The number of amides is 1. The molecule has 1 N–H and O–H groups in total. The lowest BCUT2D eigenvalue weighted by Gasteiger charge is -2.23. The van der Waals surface area contributed by atoms with E-state index in [9.17, 15) is 9.59 Å². The van der Waals surface area contributed by atoms with Crippen molar-refractivity contribution in [2.45, 2.75) is 13.8 Å². The van der Waals surface area contributed by atoms with Crippen molar-refractivity contribution in [1.29, 1.82) is 0 Å². The summed E-state index contributed by atoms with van der Waals surface area (Å²) in [5.41, 5.74) is 2.62. The first-order chi connectivity index (χ1) is 13.6. The van der Waals surface area contributed by atoms with Crippen molar-refractivity contribution in [2.24, 2.45) is 0 Å². The highest BCUT2D eigenvalue weighted by molar-refractivity contribution is 5.92. The third-order valence-corrected chi connectivity index (χ3v) is 4.40. The number of hydrogen-bond acceptors (Lipinski definition) is 6. The quantitative estimate of drug-likeness (QED) is 0.705. The second-order valence-electron chi connectivity index (χ2n) is 6.41. The van der Waals surface area contributed by atoms with Crippen molar-refractivity contribution < 1.29 is 23.8 Å². The first-order valence-corrected chi connectivity index (χ1v) is 9.22. The van der Waals surface area contributed by atoms with Crippen LogP contribution in [0.4, 0.5) is 5.69 Å². The summed E-state index contributed by atoms with van der Waals surface area (Å²) in [4.78, 5) is 26.2. The zero-order chi connectivity index (χ0) is 19.9. The molecule has 28 heavy (non-hydrogen) atoms. The van der Waals surface area contributed by atoms with Crippen LogP contribution in [0.1, 0.15) is 22.8 Å². The standard InChI is InChI=1S/C21H24N2O5/c1-3-23(17-6-4-5-15(2)11-17)10-9-22-20(24)13-26-21(25)16-7-8-18-19(12-16)28-14-27-18/h4-8,11-12H,3,9-10,13-14H2,1-2H3,(H,22,24). The minimum absolute atomic E-state index is 0.133. The van der Waals surface area contributed by atoms with E-state index in [4.69, 9.17) is 14.2 Å². The van der Waals surface area contributed by atoms with Gasteiger partial charge in [-0.05, 0) is 49.7 Å². The van der Waals surface area contributed by atoms with Gasteiger partial charge in [-0.1, -0.05) is 12.1 Å². The molecule has 7 nitrogen and oxygen atoms in total. The van der Waals surface area contributed by atoms with Crippen molar-refractivity contribution in [3.8, 4) is 11.5 Å². The Bertz CT molecular complexity index is 852. The summed E-state index contributed by atoms with van der Waals surface area (Å²) in [6, 6.07) is 13.0. The fraction of sp³-hybridized carbons (Fsp3) is 0.333. The summed E-state index contributed by atoms with van der Waals surface area (Å²) in [6.45, 7) is 5.88. The smallest absolute Gasteiger partial charge is 0.338 e. The first kappa shape index (κ1) is 19.5. The Labute approximate surface area is 164 Å². The van der Waals surface area contributed by atoms with Crippen LogP contribution in [0.2, 0.25) is 0 Å². The van der Waals surface area contributed by atoms with E-state index in [0.717, 1.165) is 12.2 Å². The maximum atomic E-state index is 12.1. The van der Waals surface area contributed by atoms with Gasteiger partial charge in [-0.2, -0.15) is 0 Å². The number of benzene rings is 2.